The van der Waals surface area contributed by atoms with Gasteiger partial charge in [0.1, 0.15) is 5.75 Å². The molecule has 1 N–H and O–H groups in total. The molecule has 0 aromatic heterocycles. The third-order valence-corrected chi connectivity index (χ3v) is 3.68. The van der Waals surface area contributed by atoms with E-state index in [0.717, 1.165) is 34.2 Å². The highest BCUT2D eigenvalue weighted by Gasteiger charge is 2.13. The van der Waals surface area contributed by atoms with Gasteiger partial charge in [-0.1, -0.05) is 60.7 Å². The van der Waals surface area contributed by atoms with Crippen LogP contribution in [0.1, 0.15) is 17.5 Å². The van der Waals surface area contributed by atoms with Crippen LogP contribution < -0.4 is 0 Å². The summed E-state index contributed by atoms with van der Waals surface area (Å²) >= 11 is 0. The first-order chi connectivity index (χ1) is 10.3. The molecule has 0 saturated heterocycles. The molecule has 0 saturated carbocycles. The van der Waals surface area contributed by atoms with E-state index in [1.807, 2.05) is 54.6 Å². The van der Waals surface area contributed by atoms with Gasteiger partial charge in [-0.25, -0.2) is 0 Å². The lowest BCUT2D eigenvalue weighted by molar-refractivity contribution is 0.475. The summed E-state index contributed by atoms with van der Waals surface area (Å²) in [5.41, 5.74) is 5.15. The average Bonchev–Trinajstić information content (AvgIpc) is 2.79. The predicted molar refractivity (Wildman–Crippen MR) is 89.2 cm³/mol. The maximum Gasteiger partial charge on any atom is 0.130 e. The summed E-state index contributed by atoms with van der Waals surface area (Å²) in [5.74, 6) is 0.363. The first-order valence-electron chi connectivity index (χ1n) is 7.17. The smallest absolute Gasteiger partial charge is 0.130 e. The van der Waals surface area contributed by atoms with Crippen LogP contribution >= 0.6 is 0 Å². The fourth-order valence-electron chi connectivity index (χ4n) is 2.64. The number of allylic oxidation sites excluding steroid dienone is 6. The van der Waals surface area contributed by atoms with Gasteiger partial charge in [0.25, 0.3) is 0 Å². The van der Waals surface area contributed by atoms with Crippen LogP contribution in [-0.4, -0.2) is 5.11 Å². The molecular formula is C20H18O. The summed E-state index contributed by atoms with van der Waals surface area (Å²) in [7, 11) is 0. The van der Waals surface area contributed by atoms with E-state index in [4.69, 9.17) is 0 Å². The Morgan fingerprint density at radius 1 is 0.905 bits per heavy atom. The number of phenols is 1. The summed E-state index contributed by atoms with van der Waals surface area (Å²) < 4.78 is 0. The van der Waals surface area contributed by atoms with Gasteiger partial charge < -0.3 is 5.11 Å². The van der Waals surface area contributed by atoms with Gasteiger partial charge in [-0.2, -0.15) is 0 Å². The molecular weight excluding hydrogens is 256 g/mol. The van der Waals surface area contributed by atoms with Crippen molar-refractivity contribution in [2.75, 3.05) is 0 Å². The standard InChI is InChI=1S/C20H18O/c1-15-13-18(16-9-5-2-3-6-10-16)20(21)19(14-15)17-11-7-4-8-12-17/h2-9,11-14,21H,10H2,1H3. The fraction of sp³-hybridized carbons (Fsp3) is 0.100. The Morgan fingerprint density at radius 3 is 2.48 bits per heavy atom. The van der Waals surface area contributed by atoms with Crippen LogP contribution in [0.2, 0.25) is 0 Å². The molecule has 2 aromatic carbocycles. The molecule has 1 aliphatic carbocycles. The predicted octanol–water partition coefficient (Wildman–Crippen LogP) is 5.27. The lowest BCUT2D eigenvalue weighted by Crippen LogP contribution is -1.90. The molecule has 0 atom stereocenters. The zero-order valence-electron chi connectivity index (χ0n) is 12.1. The maximum absolute atomic E-state index is 10.7. The van der Waals surface area contributed by atoms with Gasteiger partial charge in [0.05, 0.1) is 0 Å². The molecule has 0 aliphatic heterocycles. The van der Waals surface area contributed by atoms with Crippen molar-refractivity contribution in [2.45, 2.75) is 13.3 Å². The van der Waals surface area contributed by atoms with Crippen LogP contribution in [0, 0.1) is 6.92 Å². The first kappa shape index (κ1) is 13.4. The third kappa shape index (κ3) is 2.82. The Morgan fingerprint density at radius 2 is 1.67 bits per heavy atom. The van der Waals surface area contributed by atoms with Crippen molar-refractivity contribution in [1.29, 1.82) is 0 Å². The Hall–Kier alpha value is -2.54. The quantitative estimate of drug-likeness (QED) is 0.791. The summed E-state index contributed by atoms with van der Waals surface area (Å²) in [6, 6.07) is 14.1. The molecule has 104 valence electrons. The lowest BCUT2D eigenvalue weighted by Gasteiger charge is -2.13. The van der Waals surface area contributed by atoms with Crippen molar-refractivity contribution in [3.63, 3.8) is 0 Å². The van der Waals surface area contributed by atoms with E-state index < -0.39 is 0 Å². The van der Waals surface area contributed by atoms with Crippen molar-refractivity contribution in [3.05, 3.63) is 84.0 Å². The zero-order chi connectivity index (χ0) is 14.7. The molecule has 0 heterocycles. The molecule has 1 heteroatoms. The Balaban J connectivity index is 2.15. The van der Waals surface area contributed by atoms with Crippen LogP contribution in [0.15, 0.2) is 72.8 Å². The Kier molecular flexibility index (Phi) is 3.74. The largest absolute Gasteiger partial charge is 0.507 e. The number of rotatable bonds is 2. The molecule has 1 nitrogen and oxygen atoms in total. The van der Waals surface area contributed by atoms with Crippen molar-refractivity contribution >= 4 is 5.57 Å². The number of benzene rings is 2. The highest BCUT2D eigenvalue weighted by Crippen LogP contribution is 2.38. The Bertz CT molecular complexity index is 734. The molecule has 0 spiro atoms. The molecule has 0 bridgehead atoms. The molecule has 2 aromatic rings. The van der Waals surface area contributed by atoms with Crippen molar-refractivity contribution in [1.82, 2.24) is 0 Å². The summed E-state index contributed by atoms with van der Waals surface area (Å²) in [4.78, 5) is 0. The Labute approximate surface area is 125 Å². The van der Waals surface area contributed by atoms with Crippen LogP contribution in [-0.2, 0) is 0 Å². The van der Waals surface area contributed by atoms with Crippen LogP contribution in [0.5, 0.6) is 5.75 Å². The fourth-order valence-corrected chi connectivity index (χ4v) is 2.64. The minimum atomic E-state index is 0.363. The number of hydrogen-bond acceptors (Lipinski definition) is 1. The van der Waals surface area contributed by atoms with Gasteiger partial charge in [0.15, 0.2) is 0 Å². The van der Waals surface area contributed by atoms with Gasteiger partial charge >= 0.3 is 0 Å². The van der Waals surface area contributed by atoms with Gasteiger partial charge in [-0.05, 0) is 42.2 Å². The van der Waals surface area contributed by atoms with Crippen LogP contribution in [0.4, 0.5) is 0 Å². The van der Waals surface area contributed by atoms with E-state index in [2.05, 4.69) is 25.1 Å². The molecule has 21 heavy (non-hydrogen) atoms. The van der Waals surface area contributed by atoms with E-state index >= 15 is 0 Å². The number of aromatic hydroxyl groups is 1. The summed E-state index contributed by atoms with van der Waals surface area (Å²) in [6.07, 6.45) is 11.1. The topological polar surface area (TPSA) is 20.2 Å². The SMILES string of the molecule is Cc1cc(C2=CC=CC=CC2)c(O)c(-c2ccccc2)c1. The summed E-state index contributed by atoms with van der Waals surface area (Å²) in [6.45, 7) is 2.07. The molecule has 1 aliphatic rings. The van der Waals surface area contributed by atoms with Gasteiger partial charge in [0, 0.05) is 11.1 Å². The number of phenolic OH excluding ortho intramolecular Hbond substituents is 1. The monoisotopic (exact) mass is 274 g/mol. The van der Waals surface area contributed by atoms with Crippen LogP contribution in [0.25, 0.3) is 16.7 Å². The van der Waals surface area contributed by atoms with E-state index in [1.54, 1.807) is 0 Å². The summed E-state index contributed by atoms with van der Waals surface area (Å²) in [5, 5.41) is 10.7. The van der Waals surface area contributed by atoms with E-state index in [1.165, 1.54) is 0 Å². The van der Waals surface area contributed by atoms with Crippen LogP contribution in [0.3, 0.4) is 0 Å². The second-order valence-corrected chi connectivity index (χ2v) is 5.28. The normalized spacial score (nSPS) is 13.9. The molecule has 3 rings (SSSR count). The molecule has 0 unspecified atom stereocenters. The highest BCUT2D eigenvalue weighted by atomic mass is 16.3. The highest BCUT2D eigenvalue weighted by molar-refractivity contribution is 5.82. The maximum atomic E-state index is 10.7. The second-order valence-electron chi connectivity index (χ2n) is 5.28. The minimum Gasteiger partial charge on any atom is -0.507 e. The van der Waals surface area contributed by atoms with Crippen molar-refractivity contribution in [3.8, 4) is 16.9 Å². The third-order valence-electron chi connectivity index (χ3n) is 3.68. The lowest BCUT2D eigenvalue weighted by atomic mass is 9.93. The zero-order valence-corrected chi connectivity index (χ0v) is 12.1. The van der Waals surface area contributed by atoms with E-state index in [-0.39, 0.29) is 0 Å². The molecule has 0 radical (unpaired) electrons. The van der Waals surface area contributed by atoms with Gasteiger partial charge in [-0.3, -0.25) is 0 Å². The van der Waals surface area contributed by atoms with E-state index in [9.17, 15) is 5.11 Å². The van der Waals surface area contributed by atoms with Gasteiger partial charge in [0.2, 0.25) is 0 Å². The van der Waals surface area contributed by atoms with Crippen molar-refractivity contribution < 1.29 is 5.11 Å². The first-order valence-corrected chi connectivity index (χ1v) is 7.17. The minimum absolute atomic E-state index is 0.363. The second kappa shape index (κ2) is 5.84. The molecule has 0 amide bonds. The average molecular weight is 274 g/mol. The van der Waals surface area contributed by atoms with Crippen molar-refractivity contribution in [2.24, 2.45) is 0 Å². The van der Waals surface area contributed by atoms with E-state index in [0.29, 0.717) is 5.75 Å². The van der Waals surface area contributed by atoms with Gasteiger partial charge in [-0.15, -0.1) is 0 Å². The number of hydrogen-bond donors (Lipinski definition) is 1. The molecule has 0 fully saturated rings. The number of aryl methyl sites for hydroxylation is 1.